The van der Waals surface area contributed by atoms with Crippen molar-refractivity contribution in [1.82, 2.24) is 19.2 Å². The molecule has 2 saturated heterocycles. The van der Waals surface area contributed by atoms with Gasteiger partial charge in [-0.15, -0.1) is 0 Å². The van der Waals surface area contributed by atoms with Crippen LogP contribution in [0.4, 0.5) is 0 Å². The molecule has 7 nitrogen and oxygen atoms in total. The molecule has 3 heterocycles. The van der Waals surface area contributed by atoms with E-state index in [1.165, 1.54) is 0 Å². The molecule has 9 heteroatoms. The molecule has 2 fully saturated rings. The number of piperidine rings is 1. The van der Waals surface area contributed by atoms with E-state index in [4.69, 9.17) is 38.4 Å². The molecule has 0 spiro atoms. The largest absolute Gasteiger partial charge is 0.350 e. The van der Waals surface area contributed by atoms with Crippen LogP contribution in [-0.2, 0) is 27.4 Å². The van der Waals surface area contributed by atoms with Crippen LogP contribution < -0.4 is 0 Å². The highest BCUT2D eigenvalue weighted by Crippen LogP contribution is 2.26. The standard InChI is InChI=1S/C23H31ClN4O3S/c1-2-3-11-27-21(17-4-6-19(24)7-5-17)25-28(23(27)32)14-10-20(29)26-12-8-18(9-13-26)22-30-15-16-31-22/h4-7,18,22H,2-3,8-16H2,1H3. The van der Waals surface area contributed by atoms with Crippen molar-refractivity contribution in [3.8, 4) is 11.4 Å². The first-order chi connectivity index (χ1) is 15.6. The number of nitrogens with zero attached hydrogens (tertiary/aromatic N) is 4. The van der Waals surface area contributed by atoms with Gasteiger partial charge in [-0.25, -0.2) is 4.68 Å². The third kappa shape index (κ3) is 5.42. The third-order valence-electron chi connectivity index (χ3n) is 6.22. The van der Waals surface area contributed by atoms with E-state index in [0.717, 1.165) is 56.7 Å². The van der Waals surface area contributed by atoms with Crippen LogP contribution in [-0.4, -0.2) is 57.7 Å². The van der Waals surface area contributed by atoms with E-state index in [1.54, 1.807) is 4.68 Å². The Balaban J connectivity index is 1.39. The second-order valence-corrected chi connectivity index (χ2v) is 9.22. The van der Waals surface area contributed by atoms with Crippen molar-refractivity contribution in [3.63, 3.8) is 0 Å². The van der Waals surface area contributed by atoms with Gasteiger partial charge in [-0.3, -0.25) is 9.36 Å². The smallest absolute Gasteiger partial charge is 0.224 e. The summed E-state index contributed by atoms with van der Waals surface area (Å²) in [6, 6.07) is 7.63. The number of hydrogen-bond donors (Lipinski definition) is 0. The van der Waals surface area contributed by atoms with Gasteiger partial charge in [0.1, 0.15) is 0 Å². The Labute approximate surface area is 199 Å². The summed E-state index contributed by atoms with van der Waals surface area (Å²) in [5, 5.41) is 5.46. The molecule has 2 aromatic rings. The Bertz CT molecular complexity index is 961. The summed E-state index contributed by atoms with van der Waals surface area (Å²) in [5.74, 6) is 1.35. The lowest BCUT2D eigenvalue weighted by Gasteiger charge is -2.33. The predicted octanol–water partition coefficient (Wildman–Crippen LogP) is 4.54. The van der Waals surface area contributed by atoms with Crippen LogP contribution >= 0.6 is 23.8 Å². The number of aromatic nitrogens is 3. The summed E-state index contributed by atoms with van der Waals surface area (Å²) in [6.07, 6.45) is 4.22. The zero-order chi connectivity index (χ0) is 22.5. The summed E-state index contributed by atoms with van der Waals surface area (Å²) in [7, 11) is 0. The fraction of sp³-hybridized carbons (Fsp3) is 0.609. The van der Waals surface area contributed by atoms with Crippen molar-refractivity contribution < 1.29 is 14.3 Å². The van der Waals surface area contributed by atoms with Crippen molar-refractivity contribution in [2.75, 3.05) is 26.3 Å². The van der Waals surface area contributed by atoms with Gasteiger partial charge in [-0.2, -0.15) is 5.10 Å². The van der Waals surface area contributed by atoms with Gasteiger partial charge in [0.15, 0.2) is 16.9 Å². The SMILES string of the molecule is CCCCn1c(-c2ccc(Cl)cc2)nn(CCC(=O)N2CCC(C3OCCO3)CC2)c1=S. The number of benzene rings is 1. The number of rotatable bonds is 8. The number of ether oxygens (including phenoxy) is 2. The van der Waals surface area contributed by atoms with Crippen molar-refractivity contribution in [3.05, 3.63) is 34.1 Å². The molecular weight excluding hydrogens is 448 g/mol. The summed E-state index contributed by atoms with van der Waals surface area (Å²) < 4.78 is 15.8. The van der Waals surface area contributed by atoms with Gasteiger partial charge in [0.2, 0.25) is 5.91 Å². The van der Waals surface area contributed by atoms with Crippen LogP contribution in [0.15, 0.2) is 24.3 Å². The molecule has 0 saturated carbocycles. The summed E-state index contributed by atoms with van der Waals surface area (Å²) in [6.45, 7) is 6.29. The first-order valence-corrected chi connectivity index (χ1v) is 12.3. The average molecular weight is 479 g/mol. The number of unbranched alkanes of at least 4 members (excludes halogenated alkanes) is 1. The summed E-state index contributed by atoms with van der Waals surface area (Å²) >= 11 is 11.8. The van der Waals surface area contributed by atoms with Gasteiger partial charge in [-0.1, -0.05) is 24.9 Å². The summed E-state index contributed by atoms with van der Waals surface area (Å²) in [5.41, 5.74) is 0.972. The molecule has 1 aromatic heterocycles. The van der Waals surface area contributed by atoms with E-state index in [-0.39, 0.29) is 12.2 Å². The zero-order valence-electron chi connectivity index (χ0n) is 18.5. The highest BCUT2D eigenvalue weighted by atomic mass is 35.5. The molecule has 1 amide bonds. The Hall–Kier alpha value is -1.74. The van der Waals surface area contributed by atoms with Gasteiger partial charge in [0.05, 0.1) is 19.8 Å². The quantitative estimate of drug-likeness (QED) is 0.521. The molecule has 2 aliphatic heterocycles. The fourth-order valence-electron chi connectivity index (χ4n) is 4.35. The lowest BCUT2D eigenvalue weighted by molar-refractivity contribution is -0.137. The predicted molar refractivity (Wildman–Crippen MR) is 126 cm³/mol. The molecule has 32 heavy (non-hydrogen) atoms. The highest BCUT2D eigenvalue weighted by molar-refractivity contribution is 7.71. The number of hydrogen-bond acceptors (Lipinski definition) is 5. The van der Waals surface area contributed by atoms with Crippen LogP contribution in [0.25, 0.3) is 11.4 Å². The Kier molecular flexibility index (Phi) is 7.99. The number of likely N-dealkylation sites (tertiary alicyclic amines) is 1. The van der Waals surface area contributed by atoms with Crippen LogP contribution in [0.3, 0.4) is 0 Å². The van der Waals surface area contributed by atoms with Crippen molar-refractivity contribution in [1.29, 1.82) is 0 Å². The molecule has 0 unspecified atom stereocenters. The second-order valence-electron chi connectivity index (χ2n) is 8.42. The Morgan fingerprint density at radius 3 is 2.50 bits per heavy atom. The first-order valence-electron chi connectivity index (χ1n) is 11.5. The van der Waals surface area contributed by atoms with Crippen molar-refractivity contribution >= 4 is 29.7 Å². The average Bonchev–Trinajstić information content (AvgIpc) is 3.45. The fourth-order valence-corrected chi connectivity index (χ4v) is 4.78. The molecule has 0 N–H and O–H groups in total. The van der Waals surface area contributed by atoms with Crippen molar-refractivity contribution in [2.45, 2.75) is 58.4 Å². The summed E-state index contributed by atoms with van der Waals surface area (Å²) in [4.78, 5) is 14.8. The van der Waals surface area contributed by atoms with E-state index in [2.05, 4.69) is 11.5 Å². The molecule has 0 atom stereocenters. The van der Waals surface area contributed by atoms with Crippen molar-refractivity contribution in [2.24, 2.45) is 5.92 Å². The minimum absolute atomic E-state index is 0.0936. The maximum Gasteiger partial charge on any atom is 0.224 e. The van der Waals surface area contributed by atoms with Gasteiger partial charge in [-0.05, 0) is 55.7 Å². The van der Waals surface area contributed by atoms with E-state index in [0.29, 0.717) is 41.9 Å². The van der Waals surface area contributed by atoms with Gasteiger partial charge >= 0.3 is 0 Å². The minimum atomic E-state index is -0.0936. The topological polar surface area (TPSA) is 61.5 Å². The molecule has 4 rings (SSSR count). The molecule has 0 aliphatic carbocycles. The van der Waals surface area contributed by atoms with E-state index < -0.39 is 0 Å². The number of aryl methyl sites for hydroxylation is 1. The minimum Gasteiger partial charge on any atom is -0.350 e. The van der Waals surface area contributed by atoms with E-state index >= 15 is 0 Å². The molecule has 0 bridgehead atoms. The zero-order valence-corrected chi connectivity index (χ0v) is 20.1. The lowest BCUT2D eigenvalue weighted by atomic mass is 9.96. The normalized spacial score (nSPS) is 17.9. The second kappa shape index (κ2) is 10.9. The number of amides is 1. The van der Waals surface area contributed by atoms with Crippen LogP contribution in [0, 0.1) is 10.7 Å². The van der Waals surface area contributed by atoms with Gasteiger partial charge < -0.3 is 14.4 Å². The monoisotopic (exact) mass is 478 g/mol. The van der Waals surface area contributed by atoms with Crippen LogP contribution in [0.2, 0.25) is 5.02 Å². The molecule has 1 aromatic carbocycles. The van der Waals surface area contributed by atoms with Crippen LogP contribution in [0.1, 0.15) is 39.0 Å². The highest BCUT2D eigenvalue weighted by Gasteiger charge is 2.31. The number of carbonyl (C=O) groups is 1. The van der Waals surface area contributed by atoms with Crippen LogP contribution in [0.5, 0.6) is 0 Å². The molecule has 0 radical (unpaired) electrons. The molecule has 174 valence electrons. The first kappa shape index (κ1) is 23.4. The Morgan fingerprint density at radius 1 is 1.16 bits per heavy atom. The van der Waals surface area contributed by atoms with E-state index in [9.17, 15) is 4.79 Å². The maximum absolute atomic E-state index is 12.8. The lowest BCUT2D eigenvalue weighted by Crippen LogP contribution is -2.41. The number of carbonyl (C=O) groups excluding carboxylic acids is 1. The van der Waals surface area contributed by atoms with Gasteiger partial charge in [0, 0.05) is 42.6 Å². The maximum atomic E-state index is 12.8. The third-order valence-corrected chi connectivity index (χ3v) is 6.91. The number of halogens is 1. The molecule has 2 aliphatic rings. The van der Waals surface area contributed by atoms with Gasteiger partial charge in [0.25, 0.3) is 0 Å². The molecular formula is C23H31ClN4O3S. The Morgan fingerprint density at radius 2 is 1.84 bits per heavy atom. The van der Waals surface area contributed by atoms with E-state index in [1.807, 2.05) is 29.2 Å².